The number of nitrogens with zero attached hydrogens (tertiary/aromatic N) is 4. The lowest BCUT2D eigenvalue weighted by Crippen LogP contribution is -2.29. The Morgan fingerprint density at radius 1 is 1.03 bits per heavy atom. The summed E-state index contributed by atoms with van der Waals surface area (Å²) < 4.78 is 0. The molecule has 1 aliphatic carbocycles. The zero-order chi connectivity index (χ0) is 22.6. The second-order valence-electron chi connectivity index (χ2n) is 9.20. The van der Waals surface area contributed by atoms with Crippen LogP contribution in [0.2, 0.25) is 0 Å². The second kappa shape index (κ2) is 9.98. The lowest BCUT2D eigenvalue weighted by atomic mass is 9.85. The van der Waals surface area contributed by atoms with E-state index in [9.17, 15) is 0 Å². The third-order valence-corrected chi connectivity index (χ3v) is 6.98. The third-order valence-electron chi connectivity index (χ3n) is 6.98. The molecule has 33 heavy (non-hydrogen) atoms. The number of aromatic amines is 1. The monoisotopic (exact) mass is 442 g/mol. The van der Waals surface area contributed by atoms with Gasteiger partial charge in [-0.05, 0) is 94.1 Å². The van der Waals surface area contributed by atoms with Crippen LogP contribution in [0.4, 0.5) is 0 Å². The van der Waals surface area contributed by atoms with Crippen molar-refractivity contribution >= 4 is 21.8 Å². The fourth-order valence-corrected chi connectivity index (χ4v) is 4.95. The summed E-state index contributed by atoms with van der Waals surface area (Å²) >= 11 is 0. The van der Waals surface area contributed by atoms with E-state index < -0.39 is 0 Å². The molecule has 4 aromatic rings. The number of benzene rings is 1. The van der Waals surface area contributed by atoms with Crippen LogP contribution in [0.1, 0.15) is 43.0 Å². The number of pyridine rings is 2. The fourth-order valence-electron chi connectivity index (χ4n) is 4.95. The molecule has 1 aliphatic rings. The van der Waals surface area contributed by atoms with Crippen molar-refractivity contribution in [1.29, 1.82) is 0 Å². The fraction of sp³-hybridized carbons (Fsp3) is 0.444. The van der Waals surface area contributed by atoms with Crippen molar-refractivity contribution in [2.24, 2.45) is 0 Å². The molecule has 3 heterocycles. The van der Waals surface area contributed by atoms with Crippen molar-refractivity contribution in [2.45, 2.75) is 45.4 Å². The summed E-state index contributed by atoms with van der Waals surface area (Å²) in [6.45, 7) is 6.46. The molecule has 1 aromatic carbocycles. The van der Waals surface area contributed by atoms with Crippen LogP contribution in [0, 0.1) is 0 Å². The molecular weight excluding hydrogens is 408 g/mol. The van der Waals surface area contributed by atoms with Gasteiger partial charge in [0.2, 0.25) is 0 Å². The highest BCUT2D eigenvalue weighted by atomic mass is 15.1. The summed E-state index contributed by atoms with van der Waals surface area (Å²) in [5.41, 5.74) is 8.40. The van der Waals surface area contributed by atoms with E-state index in [1.807, 2.05) is 12.4 Å². The van der Waals surface area contributed by atoms with Gasteiger partial charge in [0.15, 0.2) is 0 Å². The second-order valence-corrected chi connectivity index (χ2v) is 9.20. The molecule has 6 nitrogen and oxygen atoms in total. The van der Waals surface area contributed by atoms with Crippen LogP contribution in [0.5, 0.6) is 0 Å². The molecule has 0 radical (unpaired) electrons. The molecule has 0 fully saturated rings. The summed E-state index contributed by atoms with van der Waals surface area (Å²) in [5.74, 6) is 0. The van der Waals surface area contributed by atoms with Gasteiger partial charge < -0.3 is 10.2 Å². The first-order valence-electron chi connectivity index (χ1n) is 12.4. The molecule has 0 amide bonds. The van der Waals surface area contributed by atoms with E-state index in [2.05, 4.69) is 58.7 Å². The highest BCUT2D eigenvalue weighted by Gasteiger charge is 2.21. The predicted molar refractivity (Wildman–Crippen MR) is 136 cm³/mol. The van der Waals surface area contributed by atoms with Crippen LogP contribution in [-0.4, -0.2) is 58.3 Å². The van der Waals surface area contributed by atoms with E-state index in [0.29, 0.717) is 0 Å². The van der Waals surface area contributed by atoms with Crippen LogP contribution in [-0.2, 0) is 19.3 Å². The van der Waals surface area contributed by atoms with Gasteiger partial charge >= 0.3 is 0 Å². The lowest BCUT2D eigenvalue weighted by Gasteiger charge is -2.21. The summed E-state index contributed by atoms with van der Waals surface area (Å²) in [7, 11) is 2.16. The Kier molecular flexibility index (Phi) is 6.65. The molecule has 3 aromatic heterocycles. The molecule has 2 N–H and O–H groups in total. The predicted octanol–water partition coefficient (Wildman–Crippen LogP) is 4.53. The number of hydrogen-bond donors (Lipinski definition) is 2. The maximum Gasteiger partial charge on any atom is 0.0759 e. The van der Waals surface area contributed by atoms with Gasteiger partial charge in [-0.2, -0.15) is 5.10 Å². The summed E-state index contributed by atoms with van der Waals surface area (Å²) in [6, 6.07) is 8.61. The number of hydrogen-bond acceptors (Lipinski definition) is 5. The quantitative estimate of drug-likeness (QED) is 0.373. The molecule has 5 rings (SSSR count). The molecule has 0 unspecified atom stereocenters. The Hall–Kier alpha value is -2.83. The van der Waals surface area contributed by atoms with Crippen molar-refractivity contribution in [1.82, 2.24) is 30.4 Å². The highest BCUT2D eigenvalue weighted by molar-refractivity contribution is 6.07. The van der Waals surface area contributed by atoms with E-state index in [1.54, 1.807) is 0 Å². The van der Waals surface area contributed by atoms with Gasteiger partial charge in [-0.1, -0.05) is 6.92 Å². The zero-order valence-electron chi connectivity index (χ0n) is 19.8. The summed E-state index contributed by atoms with van der Waals surface area (Å²) in [6.07, 6.45) is 10.7. The van der Waals surface area contributed by atoms with Crippen LogP contribution in [0.3, 0.4) is 0 Å². The normalized spacial score (nSPS) is 13.8. The number of H-pyrrole nitrogens is 1. The van der Waals surface area contributed by atoms with Gasteiger partial charge in [-0.3, -0.25) is 10.1 Å². The lowest BCUT2D eigenvalue weighted by molar-refractivity contribution is 0.349. The van der Waals surface area contributed by atoms with Gasteiger partial charge in [0, 0.05) is 41.3 Å². The first-order valence-corrected chi connectivity index (χ1v) is 12.4. The third kappa shape index (κ3) is 4.63. The largest absolute Gasteiger partial charge is 0.315 e. The van der Waals surface area contributed by atoms with Crippen LogP contribution in [0.25, 0.3) is 33.1 Å². The average Bonchev–Trinajstić information content (AvgIpc) is 3.35. The SMILES string of the molecule is CCN(C)CCNCCCc1ccc(-c2nc3ccc4[nH]ncc4c3c3c2CCCC3)cn1. The topological polar surface area (TPSA) is 69.7 Å². The van der Waals surface area contributed by atoms with Crippen LogP contribution < -0.4 is 5.32 Å². The molecule has 6 heteroatoms. The van der Waals surface area contributed by atoms with E-state index in [-0.39, 0.29) is 0 Å². The van der Waals surface area contributed by atoms with Gasteiger partial charge in [-0.15, -0.1) is 0 Å². The average molecular weight is 443 g/mol. The molecule has 0 aliphatic heterocycles. The van der Waals surface area contributed by atoms with Crippen LogP contribution in [0.15, 0.2) is 36.7 Å². The maximum atomic E-state index is 5.14. The van der Waals surface area contributed by atoms with Crippen molar-refractivity contribution in [3.8, 4) is 11.3 Å². The number of rotatable bonds is 9. The Labute approximate surface area is 195 Å². The standard InChI is InChI=1S/C27H34N6/c1-3-33(2)16-15-28-14-6-7-20-11-10-19(17-29-20)27-22-9-5-4-8-21(22)26-23-18-30-32-24(23)12-13-25(26)31-27/h10-13,17-18,28H,3-9,14-16H2,1-2H3,(H,30,32). The Bertz CT molecular complexity index is 1230. The molecule has 0 spiro atoms. The van der Waals surface area contributed by atoms with Crippen molar-refractivity contribution < 1.29 is 0 Å². The Morgan fingerprint density at radius 3 is 2.73 bits per heavy atom. The van der Waals surface area contributed by atoms with E-state index in [1.165, 1.54) is 34.7 Å². The van der Waals surface area contributed by atoms with E-state index in [4.69, 9.17) is 9.97 Å². The van der Waals surface area contributed by atoms with Crippen LogP contribution >= 0.6 is 0 Å². The van der Waals surface area contributed by atoms with E-state index >= 15 is 0 Å². The smallest absolute Gasteiger partial charge is 0.0759 e. The first kappa shape index (κ1) is 22.0. The zero-order valence-corrected chi connectivity index (χ0v) is 19.8. The maximum absolute atomic E-state index is 5.14. The Balaban J connectivity index is 1.34. The minimum absolute atomic E-state index is 0.999. The van der Waals surface area contributed by atoms with Crippen molar-refractivity contribution in [2.75, 3.05) is 33.2 Å². The summed E-state index contributed by atoms with van der Waals surface area (Å²) in [5, 5.41) is 13.4. The minimum Gasteiger partial charge on any atom is -0.315 e. The molecule has 0 bridgehead atoms. The molecule has 0 saturated carbocycles. The van der Waals surface area contributed by atoms with Gasteiger partial charge in [-0.25, -0.2) is 4.98 Å². The molecule has 172 valence electrons. The Morgan fingerprint density at radius 2 is 1.91 bits per heavy atom. The first-order chi connectivity index (χ1) is 16.2. The molecular formula is C27H34N6. The van der Waals surface area contributed by atoms with Gasteiger partial charge in [0.05, 0.1) is 22.9 Å². The molecule has 0 atom stereocenters. The van der Waals surface area contributed by atoms with E-state index in [0.717, 1.165) is 79.8 Å². The van der Waals surface area contributed by atoms with Gasteiger partial charge in [0.1, 0.15) is 0 Å². The number of fused-ring (bicyclic) bond motifs is 5. The van der Waals surface area contributed by atoms with Crippen molar-refractivity contribution in [3.05, 3.63) is 53.5 Å². The number of aromatic nitrogens is 4. The number of aryl methyl sites for hydroxylation is 2. The highest BCUT2D eigenvalue weighted by Crippen LogP contribution is 2.37. The van der Waals surface area contributed by atoms with Crippen molar-refractivity contribution in [3.63, 3.8) is 0 Å². The molecule has 0 saturated heterocycles. The summed E-state index contributed by atoms with van der Waals surface area (Å²) in [4.78, 5) is 12.3. The number of likely N-dealkylation sites (N-methyl/N-ethyl adjacent to an activating group) is 1. The minimum atomic E-state index is 0.999. The number of nitrogens with one attached hydrogen (secondary N) is 2. The van der Waals surface area contributed by atoms with Gasteiger partial charge in [0.25, 0.3) is 0 Å².